The van der Waals surface area contributed by atoms with Crippen LogP contribution in [0.25, 0.3) is 5.65 Å². The Morgan fingerprint density at radius 2 is 2.00 bits per heavy atom. The van der Waals surface area contributed by atoms with Gasteiger partial charge in [0.15, 0.2) is 0 Å². The van der Waals surface area contributed by atoms with Gasteiger partial charge in [0, 0.05) is 32.0 Å². The molecule has 2 atom stereocenters. The number of fused-ring (bicyclic) bond motifs is 2. The van der Waals surface area contributed by atoms with Gasteiger partial charge in [-0.15, -0.1) is 0 Å². The molecule has 2 aromatic heterocycles. The Morgan fingerprint density at radius 3 is 2.86 bits per heavy atom. The van der Waals surface area contributed by atoms with E-state index < -0.39 is 0 Å². The molecule has 6 nitrogen and oxygen atoms in total. The van der Waals surface area contributed by atoms with E-state index in [2.05, 4.69) is 34.1 Å². The molecule has 4 heterocycles. The molecule has 5 rings (SSSR count). The average Bonchev–Trinajstić information content (AvgIpc) is 3.17. The van der Waals surface area contributed by atoms with Gasteiger partial charge in [-0.2, -0.15) is 0 Å². The molecular weight excluding hydrogens is 364 g/mol. The van der Waals surface area contributed by atoms with E-state index >= 15 is 0 Å². The maximum Gasteiger partial charge on any atom is 0.228 e. The Labute approximate surface area is 170 Å². The van der Waals surface area contributed by atoms with E-state index in [9.17, 15) is 4.79 Å². The first-order valence-electron chi connectivity index (χ1n) is 10.3. The largest absolute Gasteiger partial charge is 0.378 e. The maximum absolute atomic E-state index is 13.0. The van der Waals surface area contributed by atoms with Crippen molar-refractivity contribution in [3.8, 4) is 0 Å². The minimum atomic E-state index is 0.162. The normalized spacial score (nSPS) is 22.6. The van der Waals surface area contributed by atoms with Crippen LogP contribution in [0.1, 0.15) is 22.9 Å². The lowest BCUT2D eigenvalue weighted by Gasteiger charge is -2.48. The number of pyridine rings is 1. The molecular formula is C23H26N4O2. The molecule has 3 aromatic rings. The number of amides is 1. The zero-order valence-corrected chi connectivity index (χ0v) is 16.7. The van der Waals surface area contributed by atoms with E-state index in [0.29, 0.717) is 13.0 Å². The Kier molecular flexibility index (Phi) is 4.81. The summed E-state index contributed by atoms with van der Waals surface area (Å²) >= 11 is 0. The van der Waals surface area contributed by atoms with E-state index in [1.165, 1.54) is 5.56 Å². The number of benzene rings is 1. The van der Waals surface area contributed by atoms with Crippen LogP contribution in [0, 0.1) is 6.92 Å². The van der Waals surface area contributed by atoms with Crippen LogP contribution in [-0.4, -0.2) is 64.0 Å². The molecule has 0 unspecified atom stereocenters. The predicted octanol–water partition coefficient (Wildman–Crippen LogP) is 2.47. The molecule has 0 bridgehead atoms. The summed E-state index contributed by atoms with van der Waals surface area (Å²) in [4.78, 5) is 22.0. The number of imidazole rings is 1. The molecule has 6 heteroatoms. The Hall–Kier alpha value is -2.70. The van der Waals surface area contributed by atoms with Crippen LogP contribution in [-0.2, 0) is 16.0 Å². The van der Waals surface area contributed by atoms with Crippen LogP contribution >= 0.6 is 0 Å². The lowest BCUT2D eigenvalue weighted by molar-refractivity contribution is -0.139. The van der Waals surface area contributed by atoms with E-state index in [0.717, 1.165) is 43.1 Å². The molecule has 0 aliphatic carbocycles. The van der Waals surface area contributed by atoms with Gasteiger partial charge in [-0.25, -0.2) is 4.98 Å². The average molecular weight is 390 g/mol. The minimum absolute atomic E-state index is 0.162. The number of rotatable bonds is 3. The van der Waals surface area contributed by atoms with Crippen LogP contribution < -0.4 is 0 Å². The van der Waals surface area contributed by atoms with Gasteiger partial charge in [0.05, 0.1) is 37.4 Å². The quantitative estimate of drug-likeness (QED) is 0.689. The highest BCUT2D eigenvalue weighted by Crippen LogP contribution is 2.29. The van der Waals surface area contributed by atoms with Crippen molar-refractivity contribution in [2.75, 3.05) is 32.8 Å². The van der Waals surface area contributed by atoms with Crippen LogP contribution in [0.2, 0.25) is 0 Å². The number of morpholine rings is 1. The molecule has 0 spiro atoms. The Balaban J connectivity index is 1.29. The SMILES string of the molecule is Cc1cccn2c(CC(=O)N3CCN4[C@@H](COC[C@@H]4c4ccccc4)C3)cnc12. The van der Waals surface area contributed by atoms with Crippen LogP contribution in [0.15, 0.2) is 54.9 Å². The smallest absolute Gasteiger partial charge is 0.228 e. The molecule has 2 saturated heterocycles. The lowest BCUT2D eigenvalue weighted by atomic mass is 10.00. The monoisotopic (exact) mass is 390 g/mol. The van der Waals surface area contributed by atoms with Crippen molar-refractivity contribution in [3.05, 3.63) is 71.7 Å². The number of hydrogen-bond donors (Lipinski definition) is 0. The van der Waals surface area contributed by atoms with E-state index in [4.69, 9.17) is 4.74 Å². The summed E-state index contributed by atoms with van der Waals surface area (Å²) in [5.74, 6) is 0.162. The van der Waals surface area contributed by atoms with Crippen molar-refractivity contribution in [3.63, 3.8) is 0 Å². The highest BCUT2D eigenvalue weighted by atomic mass is 16.5. The number of carbonyl (C=O) groups is 1. The van der Waals surface area contributed by atoms with Crippen molar-refractivity contribution < 1.29 is 9.53 Å². The summed E-state index contributed by atoms with van der Waals surface area (Å²) in [6, 6.07) is 15.1. The molecule has 0 saturated carbocycles. The summed E-state index contributed by atoms with van der Waals surface area (Å²) in [5.41, 5.74) is 4.27. The molecule has 29 heavy (non-hydrogen) atoms. The maximum atomic E-state index is 13.0. The van der Waals surface area contributed by atoms with Gasteiger partial charge in [-0.1, -0.05) is 36.4 Å². The molecule has 2 fully saturated rings. The van der Waals surface area contributed by atoms with Crippen molar-refractivity contribution in [2.24, 2.45) is 0 Å². The first-order chi connectivity index (χ1) is 14.2. The number of aromatic nitrogens is 2. The second-order valence-corrected chi connectivity index (χ2v) is 8.01. The predicted molar refractivity (Wildman–Crippen MR) is 111 cm³/mol. The Morgan fingerprint density at radius 1 is 1.14 bits per heavy atom. The third-order valence-electron chi connectivity index (χ3n) is 6.19. The molecule has 150 valence electrons. The molecule has 2 aliphatic heterocycles. The van der Waals surface area contributed by atoms with Gasteiger partial charge in [-0.3, -0.25) is 9.69 Å². The Bertz CT molecular complexity index is 1020. The number of hydrogen-bond acceptors (Lipinski definition) is 4. The van der Waals surface area contributed by atoms with E-state index in [-0.39, 0.29) is 18.0 Å². The second-order valence-electron chi connectivity index (χ2n) is 8.01. The van der Waals surface area contributed by atoms with Gasteiger partial charge >= 0.3 is 0 Å². The van der Waals surface area contributed by atoms with Gasteiger partial charge in [0.2, 0.25) is 5.91 Å². The summed E-state index contributed by atoms with van der Waals surface area (Å²) < 4.78 is 7.94. The standard InChI is InChI=1S/C23H26N4O2/c1-17-6-5-9-27-19(13-24-23(17)27)12-22(28)25-10-11-26-20(14-25)15-29-16-21(26)18-7-3-2-4-8-18/h2-9,13,20-21H,10-12,14-16H2,1H3/t20-,21-/m1/s1. The summed E-state index contributed by atoms with van der Waals surface area (Å²) in [5, 5.41) is 0. The first kappa shape index (κ1) is 18.3. The molecule has 2 aliphatic rings. The lowest BCUT2D eigenvalue weighted by Crippen LogP contribution is -2.60. The highest BCUT2D eigenvalue weighted by Gasteiger charge is 2.37. The zero-order valence-electron chi connectivity index (χ0n) is 16.7. The third-order valence-corrected chi connectivity index (χ3v) is 6.19. The van der Waals surface area contributed by atoms with Crippen molar-refractivity contribution in [1.29, 1.82) is 0 Å². The number of aryl methyl sites for hydroxylation is 1. The highest BCUT2D eigenvalue weighted by molar-refractivity contribution is 5.79. The zero-order chi connectivity index (χ0) is 19.8. The molecule has 0 radical (unpaired) electrons. The van der Waals surface area contributed by atoms with E-state index in [1.54, 1.807) is 0 Å². The third kappa shape index (κ3) is 3.43. The minimum Gasteiger partial charge on any atom is -0.378 e. The fourth-order valence-electron chi connectivity index (χ4n) is 4.63. The fraction of sp³-hybridized carbons (Fsp3) is 0.391. The van der Waals surface area contributed by atoms with Crippen molar-refractivity contribution in [1.82, 2.24) is 19.2 Å². The topological polar surface area (TPSA) is 50.1 Å². The molecule has 1 amide bonds. The van der Waals surface area contributed by atoms with E-state index in [1.807, 2.05) is 46.8 Å². The van der Waals surface area contributed by atoms with Crippen LogP contribution in [0.4, 0.5) is 0 Å². The van der Waals surface area contributed by atoms with Crippen molar-refractivity contribution >= 4 is 11.6 Å². The number of ether oxygens (including phenoxy) is 1. The second kappa shape index (κ2) is 7.61. The van der Waals surface area contributed by atoms with Gasteiger partial charge in [0.25, 0.3) is 0 Å². The van der Waals surface area contributed by atoms with Gasteiger partial charge < -0.3 is 14.0 Å². The molecule has 0 N–H and O–H groups in total. The summed E-state index contributed by atoms with van der Waals surface area (Å²) in [7, 11) is 0. The van der Waals surface area contributed by atoms with Crippen LogP contribution in [0.5, 0.6) is 0 Å². The number of piperazine rings is 1. The fourth-order valence-corrected chi connectivity index (χ4v) is 4.63. The summed E-state index contributed by atoms with van der Waals surface area (Å²) in [6.45, 7) is 5.80. The van der Waals surface area contributed by atoms with Gasteiger partial charge in [0.1, 0.15) is 5.65 Å². The first-order valence-corrected chi connectivity index (χ1v) is 10.3. The van der Waals surface area contributed by atoms with Gasteiger partial charge in [-0.05, 0) is 24.1 Å². The molecule has 1 aromatic carbocycles. The van der Waals surface area contributed by atoms with Crippen molar-refractivity contribution in [2.45, 2.75) is 25.4 Å². The number of carbonyl (C=O) groups excluding carboxylic acids is 1. The summed E-state index contributed by atoms with van der Waals surface area (Å²) in [6.07, 6.45) is 4.18. The number of nitrogens with zero attached hydrogens (tertiary/aromatic N) is 4. The van der Waals surface area contributed by atoms with Crippen LogP contribution in [0.3, 0.4) is 0 Å².